The van der Waals surface area contributed by atoms with Crippen molar-refractivity contribution in [1.82, 2.24) is 0 Å². The van der Waals surface area contributed by atoms with Gasteiger partial charge < -0.3 is 19.6 Å². The second-order valence-electron chi connectivity index (χ2n) is 4.41. The fraction of sp³-hybridized carbons (Fsp3) is 0.250. The van der Waals surface area contributed by atoms with Gasteiger partial charge in [0.2, 0.25) is 0 Å². The lowest BCUT2D eigenvalue weighted by Crippen LogP contribution is -2.11. The highest BCUT2D eigenvalue weighted by atomic mass is 31.2. The van der Waals surface area contributed by atoms with Gasteiger partial charge in [-0.2, -0.15) is 0 Å². The SMILES string of the molecule is O=C(C=Cc1ccccc1)CCC(P(=O)(O)O)P(=O)(O)O. The third kappa shape index (κ3) is 6.48. The van der Waals surface area contributed by atoms with E-state index in [1.807, 2.05) is 6.07 Å². The first kappa shape index (κ1) is 18.0. The molecule has 0 radical (unpaired) electrons. The van der Waals surface area contributed by atoms with Crippen molar-refractivity contribution in [3.05, 3.63) is 42.0 Å². The molecule has 0 fully saturated rings. The summed E-state index contributed by atoms with van der Waals surface area (Å²) in [5, 5.41) is -2.14. The van der Waals surface area contributed by atoms with Crippen LogP contribution in [0, 0.1) is 0 Å². The first-order valence-electron chi connectivity index (χ1n) is 5.97. The summed E-state index contributed by atoms with van der Waals surface area (Å²) in [4.78, 5) is 47.3. The van der Waals surface area contributed by atoms with Crippen LogP contribution in [0.2, 0.25) is 0 Å². The first-order chi connectivity index (χ1) is 9.60. The Kier molecular flexibility index (Phi) is 6.23. The van der Waals surface area contributed by atoms with E-state index in [4.69, 9.17) is 19.6 Å². The molecule has 0 saturated carbocycles. The molecule has 9 heteroatoms. The number of rotatable bonds is 7. The molecule has 0 heterocycles. The van der Waals surface area contributed by atoms with Crippen LogP contribution in [0.5, 0.6) is 0 Å². The molecular formula is C12H16O7P2. The Balaban J connectivity index is 2.65. The van der Waals surface area contributed by atoms with E-state index in [0.29, 0.717) is 0 Å². The Morgan fingerprint density at radius 1 is 1.05 bits per heavy atom. The Labute approximate surface area is 121 Å². The standard InChI is InChI=1S/C12H16O7P2/c13-11(7-6-10-4-2-1-3-5-10)8-9-12(20(14,15)16)21(17,18)19/h1-7,12H,8-9H2,(H2,14,15,16)(H2,17,18,19). The van der Waals surface area contributed by atoms with Crippen molar-refractivity contribution in [2.45, 2.75) is 18.2 Å². The Morgan fingerprint density at radius 2 is 1.57 bits per heavy atom. The Hall–Kier alpha value is -1.07. The summed E-state index contributed by atoms with van der Waals surface area (Å²) in [5.74, 6) is -0.467. The summed E-state index contributed by atoms with van der Waals surface area (Å²) < 4.78 is 22.1. The molecule has 7 nitrogen and oxygen atoms in total. The van der Waals surface area contributed by atoms with Gasteiger partial charge in [-0.25, -0.2) is 0 Å². The highest BCUT2D eigenvalue weighted by molar-refractivity contribution is 7.70. The average Bonchev–Trinajstić information content (AvgIpc) is 2.34. The van der Waals surface area contributed by atoms with Crippen LogP contribution in [-0.4, -0.2) is 30.8 Å². The number of hydrogen-bond acceptors (Lipinski definition) is 3. The monoisotopic (exact) mass is 334 g/mol. The molecule has 0 atom stereocenters. The number of carbonyl (C=O) groups excluding carboxylic acids is 1. The fourth-order valence-electron chi connectivity index (χ4n) is 1.64. The zero-order valence-electron chi connectivity index (χ0n) is 10.9. The van der Waals surface area contributed by atoms with E-state index in [2.05, 4.69) is 0 Å². The van der Waals surface area contributed by atoms with Gasteiger partial charge in [0.25, 0.3) is 0 Å². The van der Waals surface area contributed by atoms with E-state index >= 15 is 0 Å². The summed E-state index contributed by atoms with van der Waals surface area (Å²) in [7, 11) is -9.94. The minimum atomic E-state index is -4.97. The molecular weight excluding hydrogens is 318 g/mol. The molecule has 0 aliphatic heterocycles. The fourth-order valence-corrected chi connectivity index (χ4v) is 4.14. The summed E-state index contributed by atoms with van der Waals surface area (Å²) in [6.45, 7) is 0. The summed E-state index contributed by atoms with van der Waals surface area (Å²) in [6.07, 6.45) is 1.80. The van der Waals surface area contributed by atoms with Gasteiger partial charge in [-0.05, 0) is 18.1 Å². The molecule has 1 aromatic rings. The third-order valence-corrected chi connectivity index (χ3v) is 6.56. The molecule has 0 bridgehead atoms. The van der Waals surface area contributed by atoms with Crippen LogP contribution >= 0.6 is 15.2 Å². The van der Waals surface area contributed by atoms with Crippen LogP contribution in [0.15, 0.2) is 36.4 Å². The quantitative estimate of drug-likeness (QED) is 0.441. The van der Waals surface area contributed by atoms with Crippen LogP contribution in [0.25, 0.3) is 6.08 Å². The maximum Gasteiger partial charge on any atom is 0.340 e. The van der Waals surface area contributed by atoms with Gasteiger partial charge in [-0.3, -0.25) is 13.9 Å². The van der Waals surface area contributed by atoms with E-state index in [-0.39, 0.29) is 6.42 Å². The topological polar surface area (TPSA) is 132 Å². The number of allylic oxidation sites excluding steroid dienone is 1. The van der Waals surface area contributed by atoms with E-state index < -0.39 is 32.8 Å². The van der Waals surface area contributed by atoms with Gasteiger partial charge >= 0.3 is 15.2 Å². The van der Waals surface area contributed by atoms with Crippen molar-refractivity contribution in [3.63, 3.8) is 0 Å². The molecule has 1 aromatic carbocycles. The lowest BCUT2D eigenvalue weighted by Gasteiger charge is -2.18. The number of carbonyl (C=O) groups is 1. The lowest BCUT2D eigenvalue weighted by atomic mass is 10.1. The summed E-state index contributed by atoms with van der Waals surface area (Å²) in [6, 6.07) is 8.89. The maximum atomic E-state index is 11.6. The Morgan fingerprint density at radius 3 is 2.05 bits per heavy atom. The third-order valence-electron chi connectivity index (χ3n) is 2.69. The van der Waals surface area contributed by atoms with E-state index in [9.17, 15) is 13.9 Å². The highest BCUT2D eigenvalue weighted by Crippen LogP contribution is 2.61. The smallest absolute Gasteiger partial charge is 0.324 e. The number of hydrogen-bond donors (Lipinski definition) is 4. The van der Waals surface area contributed by atoms with Gasteiger partial charge in [-0.1, -0.05) is 36.4 Å². The van der Waals surface area contributed by atoms with Crippen molar-refractivity contribution in [2.75, 3.05) is 0 Å². The van der Waals surface area contributed by atoms with Crippen LogP contribution in [0.3, 0.4) is 0 Å². The van der Waals surface area contributed by atoms with E-state index in [1.54, 1.807) is 24.3 Å². The summed E-state index contributed by atoms with van der Waals surface area (Å²) in [5.41, 5.74) is 0.771. The molecule has 1 rings (SSSR count). The first-order valence-corrected chi connectivity index (χ1v) is 9.33. The molecule has 4 N–H and O–H groups in total. The minimum Gasteiger partial charge on any atom is -0.324 e. The zero-order valence-corrected chi connectivity index (χ0v) is 12.7. The van der Waals surface area contributed by atoms with Crippen molar-refractivity contribution in [1.29, 1.82) is 0 Å². The molecule has 0 amide bonds. The maximum absolute atomic E-state index is 11.6. The minimum absolute atomic E-state index is 0.357. The molecule has 0 aliphatic carbocycles. The zero-order chi connectivity index (χ0) is 16.1. The second kappa shape index (κ2) is 7.27. The average molecular weight is 334 g/mol. The van der Waals surface area contributed by atoms with Gasteiger partial charge in [0, 0.05) is 6.42 Å². The lowest BCUT2D eigenvalue weighted by molar-refractivity contribution is -0.114. The molecule has 0 unspecified atom stereocenters. The van der Waals surface area contributed by atoms with Gasteiger partial charge in [0.05, 0.1) is 0 Å². The number of benzene rings is 1. The summed E-state index contributed by atoms with van der Waals surface area (Å²) >= 11 is 0. The Bertz CT molecular complexity index is 577. The molecule has 116 valence electrons. The van der Waals surface area contributed by atoms with Crippen LogP contribution in [0.4, 0.5) is 0 Å². The number of ketones is 1. The van der Waals surface area contributed by atoms with Gasteiger partial charge in [-0.15, -0.1) is 0 Å². The largest absolute Gasteiger partial charge is 0.340 e. The van der Waals surface area contributed by atoms with Gasteiger partial charge in [0.1, 0.15) is 0 Å². The van der Waals surface area contributed by atoms with Crippen molar-refractivity contribution in [3.8, 4) is 0 Å². The molecule has 0 spiro atoms. The van der Waals surface area contributed by atoms with Crippen molar-refractivity contribution < 1.29 is 33.5 Å². The molecule has 0 aromatic heterocycles. The molecule has 0 saturated heterocycles. The van der Waals surface area contributed by atoms with Crippen molar-refractivity contribution >= 4 is 27.1 Å². The second-order valence-corrected chi connectivity index (χ2v) is 8.42. The predicted octanol–water partition coefficient (Wildman–Crippen LogP) is 1.73. The highest BCUT2D eigenvalue weighted by Gasteiger charge is 2.42. The van der Waals surface area contributed by atoms with Gasteiger partial charge in [0.15, 0.2) is 11.2 Å². The van der Waals surface area contributed by atoms with Crippen molar-refractivity contribution in [2.24, 2.45) is 0 Å². The van der Waals surface area contributed by atoms with Crippen LogP contribution in [0.1, 0.15) is 18.4 Å². The molecule has 0 aliphatic rings. The van der Waals surface area contributed by atoms with E-state index in [1.165, 1.54) is 12.2 Å². The van der Waals surface area contributed by atoms with E-state index in [0.717, 1.165) is 5.56 Å². The molecule has 21 heavy (non-hydrogen) atoms. The normalized spacial score (nSPS) is 13.0. The van der Waals surface area contributed by atoms with Crippen LogP contribution < -0.4 is 0 Å². The van der Waals surface area contributed by atoms with Crippen LogP contribution in [-0.2, 0) is 13.9 Å². The predicted molar refractivity (Wildman–Crippen MR) is 77.6 cm³/mol.